The third-order valence-corrected chi connectivity index (χ3v) is 4.80. The highest BCUT2D eigenvalue weighted by Gasteiger charge is 2.15. The molecule has 0 unspecified atom stereocenters. The van der Waals surface area contributed by atoms with E-state index in [4.69, 9.17) is 0 Å². The second-order valence-corrected chi connectivity index (χ2v) is 7.17. The van der Waals surface area contributed by atoms with Crippen LogP contribution in [0, 0.1) is 12.7 Å². The van der Waals surface area contributed by atoms with Gasteiger partial charge in [0.15, 0.2) is 0 Å². The van der Waals surface area contributed by atoms with Crippen LogP contribution in [0.5, 0.6) is 0 Å². The fourth-order valence-electron chi connectivity index (χ4n) is 3.16. The van der Waals surface area contributed by atoms with Crippen molar-refractivity contribution >= 4 is 5.91 Å². The first kappa shape index (κ1) is 20.5. The Morgan fingerprint density at radius 3 is 2.52 bits per heavy atom. The maximum atomic E-state index is 13.1. The molecule has 0 fully saturated rings. The van der Waals surface area contributed by atoms with Crippen molar-refractivity contribution in [3.05, 3.63) is 93.7 Å². The summed E-state index contributed by atoms with van der Waals surface area (Å²) in [5.41, 5.74) is 3.48. The lowest BCUT2D eigenvalue weighted by Crippen LogP contribution is -2.33. The number of aryl methyl sites for hydroxylation is 2. The minimum atomic E-state index is -0.431. The molecule has 5 heteroatoms. The minimum absolute atomic E-state index is 0.113. The van der Waals surface area contributed by atoms with Crippen LogP contribution in [-0.4, -0.2) is 10.5 Å². The topological polar surface area (TPSA) is 51.1 Å². The van der Waals surface area contributed by atoms with Crippen molar-refractivity contribution in [1.82, 2.24) is 9.88 Å². The second kappa shape index (κ2) is 9.32. The number of pyridine rings is 1. The highest BCUT2D eigenvalue weighted by Crippen LogP contribution is 2.20. The average molecular weight is 392 g/mol. The number of nitrogens with zero attached hydrogens (tertiary/aromatic N) is 1. The molecule has 1 N–H and O–H groups in total. The Balaban J connectivity index is 1.92. The first-order valence-electron chi connectivity index (χ1n) is 9.82. The van der Waals surface area contributed by atoms with E-state index in [9.17, 15) is 14.0 Å². The molecule has 0 spiro atoms. The molecule has 0 atom stereocenters. The van der Waals surface area contributed by atoms with E-state index in [0.29, 0.717) is 6.54 Å². The Morgan fingerprint density at radius 1 is 1.07 bits per heavy atom. The van der Waals surface area contributed by atoms with Gasteiger partial charge in [-0.3, -0.25) is 9.59 Å². The van der Waals surface area contributed by atoms with Gasteiger partial charge < -0.3 is 9.88 Å². The molecule has 4 nitrogen and oxygen atoms in total. The van der Waals surface area contributed by atoms with E-state index >= 15 is 0 Å². The zero-order valence-electron chi connectivity index (χ0n) is 16.7. The lowest BCUT2D eigenvalue weighted by Gasteiger charge is -2.13. The molecule has 0 aliphatic rings. The number of aromatic nitrogens is 1. The van der Waals surface area contributed by atoms with Crippen LogP contribution in [0.1, 0.15) is 41.3 Å². The molecular formula is C24H25FN2O2. The van der Waals surface area contributed by atoms with Crippen molar-refractivity contribution in [2.45, 2.75) is 39.8 Å². The summed E-state index contributed by atoms with van der Waals surface area (Å²) in [5, 5.41) is 2.77. The molecule has 0 bridgehead atoms. The van der Waals surface area contributed by atoms with Crippen LogP contribution in [0.4, 0.5) is 4.39 Å². The maximum absolute atomic E-state index is 13.1. The molecule has 0 aliphatic carbocycles. The number of nitrogens with one attached hydrogen (secondary N) is 1. The van der Waals surface area contributed by atoms with Crippen LogP contribution in [-0.2, 0) is 13.1 Å². The van der Waals surface area contributed by atoms with Crippen LogP contribution in [0.2, 0.25) is 0 Å². The summed E-state index contributed by atoms with van der Waals surface area (Å²) in [6, 6.07) is 15.5. The SMILES string of the molecule is CCCCn1cc(-c2cccc(C)c2)cc(C(=O)NCc2ccc(F)cc2)c1=O. The summed E-state index contributed by atoms with van der Waals surface area (Å²) >= 11 is 0. The highest BCUT2D eigenvalue weighted by molar-refractivity contribution is 5.95. The molecule has 0 saturated carbocycles. The average Bonchev–Trinajstić information content (AvgIpc) is 2.72. The monoisotopic (exact) mass is 392 g/mol. The lowest BCUT2D eigenvalue weighted by molar-refractivity contribution is 0.0949. The van der Waals surface area contributed by atoms with E-state index in [2.05, 4.69) is 12.2 Å². The summed E-state index contributed by atoms with van der Waals surface area (Å²) in [6.45, 7) is 4.86. The van der Waals surface area contributed by atoms with Gasteiger partial charge in [0.05, 0.1) is 0 Å². The van der Waals surface area contributed by atoms with Crippen LogP contribution in [0.25, 0.3) is 11.1 Å². The summed E-state index contributed by atoms with van der Waals surface area (Å²) < 4.78 is 14.7. The molecule has 1 heterocycles. The maximum Gasteiger partial charge on any atom is 0.263 e. The predicted octanol–water partition coefficient (Wildman–Crippen LogP) is 4.69. The molecule has 3 aromatic rings. The molecule has 0 saturated heterocycles. The molecule has 3 rings (SSSR count). The normalized spacial score (nSPS) is 10.7. The van der Waals surface area contributed by atoms with Gasteiger partial charge in [-0.25, -0.2) is 4.39 Å². The Hall–Kier alpha value is -3.21. The Morgan fingerprint density at radius 2 is 1.83 bits per heavy atom. The number of hydrogen-bond donors (Lipinski definition) is 1. The third-order valence-electron chi connectivity index (χ3n) is 4.80. The molecule has 1 amide bonds. The molecule has 1 aromatic heterocycles. The van der Waals surface area contributed by atoms with Gasteiger partial charge >= 0.3 is 0 Å². The number of carbonyl (C=O) groups is 1. The first-order chi connectivity index (χ1) is 14.0. The smallest absolute Gasteiger partial charge is 0.263 e. The molecule has 2 aromatic carbocycles. The van der Waals surface area contributed by atoms with Gasteiger partial charge in [0.2, 0.25) is 0 Å². The lowest BCUT2D eigenvalue weighted by atomic mass is 10.0. The van der Waals surface area contributed by atoms with E-state index in [0.717, 1.165) is 35.1 Å². The van der Waals surface area contributed by atoms with Crippen molar-refractivity contribution in [1.29, 1.82) is 0 Å². The van der Waals surface area contributed by atoms with Crippen LogP contribution in [0.3, 0.4) is 0 Å². The van der Waals surface area contributed by atoms with E-state index < -0.39 is 5.91 Å². The second-order valence-electron chi connectivity index (χ2n) is 7.17. The number of amides is 1. The van der Waals surface area contributed by atoms with Crippen LogP contribution < -0.4 is 10.9 Å². The van der Waals surface area contributed by atoms with Gasteiger partial charge in [-0.05, 0) is 48.2 Å². The number of rotatable bonds is 7. The van der Waals surface area contributed by atoms with Gasteiger partial charge in [-0.2, -0.15) is 0 Å². The Labute approximate surface area is 170 Å². The molecule has 29 heavy (non-hydrogen) atoms. The standard InChI is InChI=1S/C24H25FN2O2/c1-3-4-12-27-16-20(19-7-5-6-17(2)13-19)14-22(24(27)29)23(28)26-15-18-8-10-21(25)11-9-18/h5-11,13-14,16H,3-4,12,15H2,1-2H3,(H,26,28). The fourth-order valence-corrected chi connectivity index (χ4v) is 3.16. The molecular weight excluding hydrogens is 367 g/mol. The predicted molar refractivity (Wildman–Crippen MR) is 113 cm³/mol. The van der Waals surface area contributed by atoms with E-state index in [1.165, 1.54) is 12.1 Å². The van der Waals surface area contributed by atoms with Gasteiger partial charge in [0.1, 0.15) is 11.4 Å². The summed E-state index contributed by atoms with van der Waals surface area (Å²) in [5.74, 6) is -0.760. The summed E-state index contributed by atoms with van der Waals surface area (Å²) in [6.07, 6.45) is 3.63. The van der Waals surface area contributed by atoms with Crippen molar-refractivity contribution in [3.63, 3.8) is 0 Å². The van der Waals surface area contributed by atoms with E-state index in [1.54, 1.807) is 22.8 Å². The summed E-state index contributed by atoms with van der Waals surface area (Å²) in [7, 11) is 0. The van der Waals surface area contributed by atoms with Crippen molar-refractivity contribution in [2.75, 3.05) is 0 Å². The first-order valence-corrected chi connectivity index (χ1v) is 9.82. The zero-order valence-corrected chi connectivity index (χ0v) is 16.7. The summed E-state index contributed by atoms with van der Waals surface area (Å²) in [4.78, 5) is 25.7. The number of carbonyl (C=O) groups excluding carboxylic acids is 1. The number of halogens is 1. The van der Waals surface area contributed by atoms with E-state index in [1.807, 2.05) is 37.4 Å². The Kier molecular flexibility index (Phi) is 6.60. The van der Waals surface area contributed by atoms with Gasteiger partial charge in [-0.15, -0.1) is 0 Å². The number of unbranched alkanes of at least 4 members (excludes halogenated alkanes) is 1. The quantitative estimate of drug-likeness (QED) is 0.634. The van der Waals surface area contributed by atoms with Crippen molar-refractivity contribution < 1.29 is 9.18 Å². The molecule has 0 aliphatic heterocycles. The highest BCUT2D eigenvalue weighted by atomic mass is 19.1. The van der Waals surface area contributed by atoms with Crippen molar-refractivity contribution in [3.8, 4) is 11.1 Å². The zero-order chi connectivity index (χ0) is 20.8. The Bertz CT molecular complexity index is 1060. The third kappa shape index (κ3) is 5.19. The van der Waals surface area contributed by atoms with E-state index in [-0.39, 0.29) is 23.5 Å². The number of hydrogen-bond acceptors (Lipinski definition) is 2. The van der Waals surface area contributed by atoms with Gasteiger partial charge in [0.25, 0.3) is 11.5 Å². The number of benzene rings is 2. The molecule has 0 radical (unpaired) electrons. The van der Waals surface area contributed by atoms with Crippen LogP contribution in [0.15, 0.2) is 65.6 Å². The van der Waals surface area contributed by atoms with Gasteiger partial charge in [0, 0.05) is 19.3 Å². The van der Waals surface area contributed by atoms with Crippen molar-refractivity contribution in [2.24, 2.45) is 0 Å². The molecule has 150 valence electrons. The largest absolute Gasteiger partial charge is 0.348 e. The van der Waals surface area contributed by atoms with Gasteiger partial charge in [-0.1, -0.05) is 55.3 Å². The minimum Gasteiger partial charge on any atom is -0.348 e. The fraction of sp³-hybridized carbons (Fsp3) is 0.250. The van der Waals surface area contributed by atoms with Crippen LogP contribution >= 0.6 is 0 Å².